The van der Waals surface area contributed by atoms with Crippen LogP contribution in [0.3, 0.4) is 0 Å². The number of hydrogen-bond donors (Lipinski definition) is 2. The van der Waals surface area contributed by atoms with Gasteiger partial charge in [0, 0.05) is 0 Å². The quantitative estimate of drug-likeness (QED) is 0.570. The summed E-state index contributed by atoms with van der Waals surface area (Å²) in [7, 11) is 0. The average molecular weight is 159 g/mol. The lowest BCUT2D eigenvalue weighted by Crippen LogP contribution is -2.38. The summed E-state index contributed by atoms with van der Waals surface area (Å²) >= 11 is 0. The number of aliphatic carboxylic acids is 1. The van der Waals surface area contributed by atoms with Gasteiger partial charge in [-0.2, -0.15) is 5.48 Å². The molecular weight excluding hydrogens is 146 g/mol. The predicted octanol–water partition coefficient (Wildman–Crippen LogP) is 0.391. The van der Waals surface area contributed by atoms with Crippen molar-refractivity contribution in [3.63, 3.8) is 0 Å². The van der Waals surface area contributed by atoms with Gasteiger partial charge in [0.2, 0.25) is 0 Å². The van der Waals surface area contributed by atoms with E-state index in [1.165, 1.54) is 0 Å². The Bertz CT molecular complexity index is 145. The molecule has 1 atom stereocenters. The van der Waals surface area contributed by atoms with Crippen LogP contribution in [0.2, 0.25) is 0 Å². The molecule has 1 fully saturated rings. The first-order valence-corrected chi connectivity index (χ1v) is 3.85. The Kier molecular flexibility index (Phi) is 2.84. The minimum Gasteiger partial charge on any atom is -0.480 e. The van der Waals surface area contributed by atoms with Gasteiger partial charge in [-0.15, -0.1) is 0 Å². The summed E-state index contributed by atoms with van der Waals surface area (Å²) in [5, 5.41) is 8.67. The van der Waals surface area contributed by atoms with E-state index >= 15 is 0 Å². The van der Waals surface area contributed by atoms with Gasteiger partial charge in [0.05, 0.1) is 6.61 Å². The summed E-state index contributed by atoms with van der Waals surface area (Å²) in [5.41, 5.74) is 2.53. The number of hydroxylamine groups is 1. The molecule has 11 heavy (non-hydrogen) atoms. The topological polar surface area (TPSA) is 58.6 Å². The van der Waals surface area contributed by atoms with Gasteiger partial charge in [-0.25, -0.2) is 0 Å². The van der Waals surface area contributed by atoms with Crippen molar-refractivity contribution in [1.82, 2.24) is 5.48 Å². The van der Waals surface area contributed by atoms with Crippen molar-refractivity contribution >= 4 is 5.97 Å². The fraction of sp³-hybridized carbons (Fsp3) is 0.857. The smallest absolute Gasteiger partial charge is 0.323 e. The van der Waals surface area contributed by atoms with Gasteiger partial charge >= 0.3 is 5.97 Å². The maximum Gasteiger partial charge on any atom is 0.323 e. The Balaban J connectivity index is 2.26. The summed E-state index contributed by atoms with van der Waals surface area (Å²) in [5.74, 6) is -0.542. The van der Waals surface area contributed by atoms with Crippen molar-refractivity contribution in [3.05, 3.63) is 0 Å². The molecule has 0 heterocycles. The molecule has 0 saturated heterocycles. The van der Waals surface area contributed by atoms with Crippen LogP contribution in [-0.4, -0.2) is 23.7 Å². The summed E-state index contributed by atoms with van der Waals surface area (Å²) in [4.78, 5) is 15.4. The second-order valence-corrected chi connectivity index (χ2v) is 2.70. The molecule has 1 aliphatic rings. The molecule has 2 N–H and O–H groups in total. The molecule has 1 saturated carbocycles. The Hall–Kier alpha value is -0.610. The molecule has 0 spiro atoms. The first-order chi connectivity index (χ1) is 5.25. The van der Waals surface area contributed by atoms with E-state index in [-0.39, 0.29) is 5.92 Å². The van der Waals surface area contributed by atoms with Gasteiger partial charge in [-0.3, -0.25) is 4.79 Å². The predicted molar refractivity (Wildman–Crippen MR) is 38.9 cm³/mol. The zero-order chi connectivity index (χ0) is 8.27. The number of carboxylic acids is 1. The Morgan fingerprint density at radius 1 is 1.82 bits per heavy atom. The summed E-state index contributed by atoms with van der Waals surface area (Å²) in [6, 6.07) is -0.505. The number of carbonyl (C=O) groups is 1. The monoisotopic (exact) mass is 159 g/mol. The van der Waals surface area contributed by atoms with Crippen molar-refractivity contribution in [3.8, 4) is 0 Å². The largest absolute Gasteiger partial charge is 0.480 e. The van der Waals surface area contributed by atoms with Gasteiger partial charge in [0.25, 0.3) is 0 Å². The van der Waals surface area contributed by atoms with Gasteiger partial charge in [-0.05, 0) is 25.7 Å². The minimum atomic E-state index is -0.819. The molecule has 0 aromatic rings. The lowest BCUT2D eigenvalue weighted by molar-refractivity contribution is -0.144. The van der Waals surface area contributed by atoms with E-state index in [1.54, 1.807) is 0 Å². The van der Waals surface area contributed by atoms with E-state index in [2.05, 4.69) is 5.48 Å². The van der Waals surface area contributed by atoms with Crippen molar-refractivity contribution in [1.29, 1.82) is 0 Å². The molecule has 0 aliphatic heterocycles. The summed E-state index contributed by atoms with van der Waals surface area (Å²) in [6.45, 7) is 2.31. The zero-order valence-corrected chi connectivity index (χ0v) is 6.54. The SMILES string of the molecule is CCONC(C(=O)O)C1CC1. The van der Waals surface area contributed by atoms with E-state index < -0.39 is 12.0 Å². The number of nitrogens with one attached hydrogen (secondary N) is 1. The lowest BCUT2D eigenvalue weighted by Gasteiger charge is -2.11. The van der Waals surface area contributed by atoms with Crippen LogP contribution < -0.4 is 5.48 Å². The Labute approximate surface area is 65.5 Å². The van der Waals surface area contributed by atoms with E-state index in [0.29, 0.717) is 6.61 Å². The van der Waals surface area contributed by atoms with Crippen LogP contribution in [0.25, 0.3) is 0 Å². The van der Waals surface area contributed by atoms with Gasteiger partial charge in [0.1, 0.15) is 6.04 Å². The second-order valence-electron chi connectivity index (χ2n) is 2.70. The normalized spacial score (nSPS) is 19.7. The molecule has 0 aromatic carbocycles. The van der Waals surface area contributed by atoms with E-state index in [4.69, 9.17) is 9.94 Å². The highest BCUT2D eigenvalue weighted by molar-refractivity contribution is 5.74. The number of hydrogen-bond acceptors (Lipinski definition) is 3. The molecule has 1 rings (SSSR count). The van der Waals surface area contributed by atoms with Crippen molar-refractivity contribution in [2.45, 2.75) is 25.8 Å². The molecule has 1 aliphatic carbocycles. The van der Waals surface area contributed by atoms with Crippen molar-refractivity contribution in [2.75, 3.05) is 6.61 Å². The van der Waals surface area contributed by atoms with Crippen molar-refractivity contribution < 1.29 is 14.7 Å². The highest BCUT2D eigenvalue weighted by Gasteiger charge is 2.36. The van der Waals surface area contributed by atoms with Crippen LogP contribution >= 0.6 is 0 Å². The van der Waals surface area contributed by atoms with Crippen LogP contribution in [0.4, 0.5) is 0 Å². The van der Waals surface area contributed by atoms with E-state index in [9.17, 15) is 4.79 Å². The molecule has 4 heteroatoms. The molecule has 0 bridgehead atoms. The highest BCUT2D eigenvalue weighted by Crippen LogP contribution is 2.32. The lowest BCUT2D eigenvalue weighted by atomic mass is 10.2. The number of carboxylic acid groups (broad SMARTS) is 1. The second kappa shape index (κ2) is 3.69. The van der Waals surface area contributed by atoms with Crippen LogP contribution in [0.15, 0.2) is 0 Å². The summed E-state index contributed by atoms with van der Waals surface area (Å²) < 4.78 is 0. The zero-order valence-electron chi connectivity index (χ0n) is 6.54. The third-order valence-corrected chi connectivity index (χ3v) is 1.71. The maximum absolute atomic E-state index is 10.5. The number of rotatable bonds is 5. The average Bonchev–Trinajstić information content (AvgIpc) is 2.71. The van der Waals surface area contributed by atoms with E-state index in [0.717, 1.165) is 12.8 Å². The molecule has 1 unspecified atom stereocenters. The molecule has 0 radical (unpaired) electrons. The van der Waals surface area contributed by atoms with Crippen LogP contribution in [-0.2, 0) is 9.63 Å². The van der Waals surface area contributed by atoms with E-state index in [1.807, 2.05) is 6.92 Å². The van der Waals surface area contributed by atoms with Crippen molar-refractivity contribution in [2.24, 2.45) is 5.92 Å². The van der Waals surface area contributed by atoms with Crippen LogP contribution in [0.5, 0.6) is 0 Å². The van der Waals surface area contributed by atoms with Crippen LogP contribution in [0.1, 0.15) is 19.8 Å². The minimum absolute atomic E-state index is 0.277. The van der Waals surface area contributed by atoms with Gasteiger partial charge in [-0.1, -0.05) is 0 Å². The Morgan fingerprint density at radius 3 is 2.82 bits per heavy atom. The van der Waals surface area contributed by atoms with Gasteiger partial charge < -0.3 is 9.94 Å². The van der Waals surface area contributed by atoms with Gasteiger partial charge in [0.15, 0.2) is 0 Å². The maximum atomic E-state index is 10.5. The molecule has 4 nitrogen and oxygen atoms in total. The Morgan fingerprint density at radius 2 is 2.45 bits per heavy atom. The first-order valence-electron chi connectivity index (χ1n) is 3.85. The molecule has 0 aromatic heterocycles. The molecule has 0 amide bonds. The molecule has 64 valence electrons. The fourth-order valence-electron chi connectivity index (χ4n) is 0.951. The fourth-order valence-corrected chi connectivity index (χ4v) is 0.951. The van der Waals surface area contributed by atoms with Crippen LogP contribution in [0, 0.1) is 5.92 Å². The summed E-state index contributed by atoms with van der Waals surface area (Å²) in [6.07, 6.45) is 1.99. The third kappa shape index (κ3) is 2.48. The third-order valence-electron chi connectivity index (χ3n) is 1.71. The highest BCUT2D eigenvalue weighted by atomic mass is 16.6. The molecular formula is C7H13NO3. The standard InChI is InChI=1S/C7H13NO3/c1-2-11-8-6(7(9)10)5-3-4-5/h5-6,8H,2-4H2,1H3,(H,9,10). The first kappa shape index (κ1) is 8.49.